The van der Waals surface area contributed by atoms with Crippen LogP contribution in [0.25, 0.3) is 5.69 Å². The first kappa shape index (κ1) is 12.2. The Kier molecular flexibility index (Phi) is 3.05. The van der Waals surface area contributed by atoms with Crippen LogP contribution in [0, 0.1) is 6.92 Å². The van der Waals surface area contributed by atoms with Gasteiger partial charge in [0.25, 0.3) is 0 Å². The number of nitrogens with two attached hydrogens (primary N) is 1. The highest BCUT2D eigenvalue weighted by molar-refractivity contribution is 5.92. The number of carbonyl (C=O) groups is 1. The summed E-state index contributed by atoms with van der Waals surface area (Å²) in [6.07, 6.45) is 3.30. The van der Waals surface area contributed by atoms with Crippen molar-refractivity contribution < 1.29 is 9.53 Å². The number of ether oxygens (including phenoxy) is 1. The van der Waals surface area contributed by atoms with Crippen LogP contribution in [0.1, 0.15) is 23.1 Å². The Hall–Kier alpha value is -2.31. The van der Waals surface area contributed by atoms with Crippen LogP contribution in [0.2, 0.25) is 0 Å². The molecule has 7 nitrogen and oxygen atoms in total. The van der Waals surface area contributed by atoms with Crippen molar-refractivity contribution in [2.24, 2.45) is 7.05 Å². The van der Waals surface area contributed by atoms with Gasteiger partial charge < -0.3 is 10.5 Å². The molecule has 7 heteroatoms. The maximum Gasteiger partial charge on any atom is 0.360 e. The summed E-state index contributed by atoms with van der Waals surface area (Å²) in [7, 11) is 1.82. The first-order valence-electron chi connectivity index (χ1n) is 5.55. The van der Waals surface area contributed by atoms with Crippen molar-refractivity contribution in [1.82, 2.24) is 19.3 Å². The molecule has 18 heavy (non-hydrogen) atoms. The molecule has 0 atom stereocenters. The molecule has 0 aliphatic heterocycles. The lowest BCUT2D eigenvalue weighted by atomic mass is 10.4. The Morgan fingerprint density at radius 1 is 1.56 bits per heavy atom. The van der Waals surface area contributed by atoms with Crippen molar-refractivity contribution in [3.05, 3.63) is 23.9 Å². The third-order valence-electron chi connectivity index (χ3n) is 2.52. The molecule has 2 aromatic rings. The Morgan fingerprint density at radius 2 is 2.28 bits per heavy atom. The number of aromatic nitrogens is 4. The fourth-order valence-electron chi connectivity index (χ4n) is 1.73. The van der Waals surface area contributed by atoms with E-state index in [1.807, 2.05) is 20.2 Å². The number of aryl methyl sites for hydroxylation is 2. The van der Waals surface area contributed by atoms with E-state index < -0.39 is 5.97 Å². The molecule has 0 aliphatic rings. The van der Waals surface area contributed by atoms with Crippen molar-refractivity contribution in [3.8, 4) is 5.69 Å². The monoisotopic (exact) mass is 249 g/mol. The zero-order chi connectivity index (χ0) is 13.3. The molecule has 0 fully saturated rings. The average Bonchev–Trinajstić information content (AvgIpc) is 2.82. The molecule has 0 saturated heterocycles. The third-order valence-corrected chi connectivity index (χ3v) is 2.52. The zero-order valence-electron chi connectivity index (χ0n) is 10.5. The molecule has 2 N–H and O–H groups in total. The lowest BCUT2D eigenvalue weighted by Gasteiger charge is -2.03. The minimum atomic E-state index is -0.518. The lowest BCUT2D eigenvalue weighted by molar-refractivity contribution is 0.0521. The maximum absolute atomic E-state index is 11.6. The predicted octanol–water partition coefficient (Wildman–Crippen LogP) is 0.673. The van der Waals surface area contributed by atoms with E-state index in [1.54, 1.807) is 16.2 Å². The normalized spacial score (nSPS) is 10.6. The zero-order valence-corrected chi connectivity index (χ0v) is 10.5. The van der Waals surface area contributed by atoms with E-state index in [2.05, 4.69) is 10.1 Å². The molecule has 0 amide bonds. The van der Waals surface area contributed by atoms with Crippen LogP contribution in [-0.2, 0) is 11.8 Å². The van der Waals surface area contributed by atoms with Crippen LogP contribution in [-0.4, -0.2) is 31.9 Å². The summed E-state index contributed by atoms with van der Waals surface area (Å²) in [6, 6.07) is 0. The van der Waals surface area contributed by atoms with Gasteiger partial charge in [-0.1, -0.05) is 0 Å². The van der Waals surface area contributed by atoms with Gasteiger partial charge in [0, 0.05) is 13.2 Å². The number of anilines is 1. The standard InChI is InChI=1S/C11H15N5O2/c1-4-18-11(17)9-10(12)16(6-13-9)8-5-15(3)14-7(8)2/h5-6H,4,12H2,1-3H3. The van der Waals surface area contributed by atoms with Gasteiger partial charge in [0.1, 0.15) is 12.1 Å². The summed E-state index contributed by atoms with van der Waals surface area (Å²) in [6.45, 7) is 3.88. The fourth-order valence-corrected chi connectivity index (χ4v) is 1.73. The maximum atomic E-state index is 11.6. The Morgan fingerprint density at radius 3 is 2.83 bits per heavy atom. The van der Waals surface area contributed by atoms with Gasteiger partial charge in [-0.05, 0) is 13.8 Å². The highest BCUT2D eigenvalue weighted by Crippen LogP contribution is 2.19. The number of rotatable bonds is 3. The Bertz CT molecular complexity index is 584. The number of hydrogen-bond acceptors (Lipinski definition) is 5. The topological polar surface area (TPSA) is 88.0 Å². The largest absolute Gasteiger partial charge is 0.461 e. The predicted molar refractivity (Wildman–Crippen MR) is 65.4 cm³/mol. The fraction of sp³-hybridized carbons (Fsp3) is 0.364. The molecule has 0 unspecified atom stereocenters. The van der Waals surface area contributed by atoms with Gasteiger partial charge >= 0.3 is 5.97 Å². The molecule has 2 heterocycles. The van der Waals surface area contributed by atoms with Crippen molar-refractivity contribution in [1.29, 1.82) is 0 Å². The molecular formula is C11H15N5O2. The molecule has 2 rings (SSSR count). The average molecular weight is 249 g/mol. The molecule has 0 radical (unpaired) electrons. The first-order chi connectivity index (χ1) is 8.54. The number of hydrogen-bond donors (Lipinski definition) is 1. The summed E-state index contributed by atoms with van der Waals surface area (Å²) in [5.74, 6) is -0.264. The van der Waals surface area contributed by atoms with Gasteiger partial charge in [0.05, 0.1) is 18.0 Å². The molecule has 0 aromatic carbocycles. The molecule has 2 aromatic heterocycles. The van der Waals surface area contributed by atoms with E-state index in [4.69, 9.17) is 10.5 Å². The minimum Gasteiger partial charge on any atom is -0.461 e. The van der Waals surface area contributed by atoms with Crippen molar-refractivity contribution in [2.45, 2.75) is 13.8 Å². The van der Waals surface area contributed by atoms with E-state index in [9.17, 15) is 4.79 Å². The highest BCUT2D eigenvalue weighted by atomic mass is 16.5. The van der Waals surface area contributed by atoms with Gasteiger partial charge in [-0.2, -0.15) is 5.10 Å². The van der Waals surface area contributed by atoms with Gasteiger partial charge in [0.2, 0.25) is 0 Å². The van der Waals surface area contributed by atoms with E-state index in [1.165, 1.54) is 6.33 Å². The molecule has 0 bridgehead atoms. The molecule has 0 spiro atoms. The SMILES string of the molecule is CCOC(=O)c1ncn(-c2cn(C)nc2C)c1N. The van der Waals surface area contributed by atoms with E-state index in [-0.39, 0.29) is 18.1 Å². The Balaban J connectivity index is 2.42. The molecule has 0 saturated carbocycles. The number of nitrogen functional groups attached to an aromatic ring is 1. The lowest BCUT2D eigenvalue weighted by Crippen LogP contribution is -2.09. The second-order valence-corrected chi connectivity index (χ2v) is 3.84. The molecular weight excluding hydrogens is 234 g/mol. The smallest absolute Gasteiger partial charge is 0.360 e. The number of carbonyl (C=O) groups excluding carboxylic acids is 1. The number of nitrogens with zero attached hydrogens (tertiary/aromatic N) is 4. The number of imidazole rings is 1. The highest BCUT2D eigenvalue weighted by Gasteiger charge is 2.19. The summed E-state index contributed by atoms with van der Waals surface area (Å²) >= 11 is 0. The van der Waals surface area contributed by atoms with Crippen LogP contribution >= 0.6 is 0 Å². The second kappa shape index (κ2) is 4.52. The molecule has 96 valence electrons. The van der Waals surface area contributed by atoms with Gasteiger partial charge in [-0.3, -0.25) is 9.25 Å². The minimum absolute atomic E-state index is 0.125. The Labute approximate surface area is 104 Å². The summed E-state index contributed by atoms with van der Waals surface area (Å²) in [5.41, 5.74) is 7.63. The van der Waals surface area contributed by atoms with E-state index in [0.29, 0.717) is 0 Å². The van der Waals surface area contributed by atoms with Crippen LogP contribution < -0.4 is 5.73 Å². The summed E-state index contributed by atoms with van der Waals surface area (Å²) in [5, 5.41) is 4.22. The van der Waals surface area contributed by atoms with Gasteiger partial charge in [-0.15, -0.1) is 0 Å². The van der Waals surface area contributed by atoms with Gasteiger partial charge in [-0.25, -0.2) is 9.78 Å². The van der Waals surface area contributed by atoms with Crippen LogP contribution in [0.5, 0.6) is 0 Å². The van der Waals surface area contributed by atoms with E-state index in [0.717, 1.165) is 11.4 Å². The third kappa shape index (κ3) is 1.94. The van der Waals surface area contributed by atoms with Crippen LogP contribution in [0.4, 0.5) is 5.82 Å². The van der Waals surface area contributed by atoms with Crippen molar-refractivity contribution in [2.75, 3.05) is 12.3 Å². The quantitative estimate of drug-likeness (QED) is 0.808. The van der Waals surface area contributed by atoms with E-state index >= 15 is 0 Å². The van der Waals surface area contributed by atoms with Gasteiger partial charge in [0.15, 0.2) is 5.69 Å². The van der Waals surface area contributed by atoms with Crippen LogP contribution in [0.15, 0.2) is 12.5 Å². The summed E-state index contributed by atoms with van der Waals surface area (Å²) in [4.78, 5) is 15.6. The van der Waals surface area contributed by atoms with Crippen molar-refractivity contribution in [3.63, 3.8) is 0 Å². The van der Waals surface area contributed by atoms with Crippen molar-refractivity contribution >= 4 is 11.8 Å². The first-order valence-corrected chi connectivity index (χ1v) is 5.55. The second-order valence-electron chi connectivity index (χ2n) is 3.84. The molecule has 0 aliphatic carbocycles. The summed E-state index contributed by atoms with van der Waals surface area (Å²) < 4.78 is 8.17. The number of esters is 1. The van der Waals surface area contributed by atoms with Crippen LogP contribution in [0.3, 0.4) is 0 Å².